The Bertz CT molecular complexity index is 340. The van der Waals surface area contributed by atoms with Gasteiger partial charge in [0.25, 0.3) is 0 Å². The van der Waals surface area contributed by atoms with Gasteiger partial charge >= 0.3 is 5.97 Å². The Labute approximate surface area is 89.3 Å². The molecule has 0 saturated carbocycles. The molecule has 15 heavy (non-hydrogen) atoms. The number of carbonyl (C=O) groups is 1. The Morgan fingerprint density at radius 1 is 1.40 bits per heavy atom. The van der Waals surface area contributed by atoms with Crippen LogP contribution in [0.1, 0.15) is 18.6 Å². The zero-order valence-electron chi connectivity index (χ0n) is 8.90. The molecule has 3 nitrogen and oxygen atoms in total. The fourth-order valence-corrected chi connectivity index (χ4v) is 1.10. The van der Waals surface area contributed by atoms with Gasteiger partial charge in [0.2, 0.25) is 0 Å². The van der Waals surface area contributed by atoms with Crippen LogP contribution in [0.15, 0.2) is 36.9 Å². The molecule has 0 N–H and O–H groups in total. The fraction of sp³-hybridized carbons (Fsp3) is 0.250. The second-order valence-corrected chi connectivity index (χ2v) is 3.07. The van der Waals surface area contributed by atoms with E-state index in [1.165, 1.54) is 0 Å². The molecule has 0 spiro atoms. The Balaban J connectivity index is 2.72. The van der Waals surface area contributed by atoms with Crippen LogP contribution >= 0.6 is 0 Å². The average molecular weight is 206 g/mol. The largest absolute Gasteiger partial charge is 0.423 e. The van der Waals surface area contributed by atoms with Gasteiger partial charge in [-0.15, -0.1) is 0 Å². The third-order valence-electron chi connectivity index (χ3n) is 2.09. The summed E-state index contributed by atoms with van der Waals surface area (Å²) in [6.07, 6.45) is 1.17. The number of ether oxygens (including phenoxy) is 2. The Kier molecular flexibility index (Phi) is 4.06. The minimum atomic E-state index is -0.456. The molecule has 0 aliphatic heterocycles. The van der Waals surface area contributed by atoms with Gasteiger partial charge in [0.05, 0.1) is 6.10 Å². The molecule has 80 valence electrons. The average Bonchev–Trinajstić information content (AvgIpc) is 2.29. The Hall–Kier alpha value is -1.61. The van der Waals surface area contributed by atoms with Crippen molar-refractivity contribution in [2.75, 3.05) is 7.11 Å². The third kappa shape index (κ3) is 3.22. The van der Waals surface area contributed by atoms with Crippen molar-refractivity contribution >= 4 is 5.97 Å². The van der Waals surface area contributed by atoms with E-state index >= 15 is 0 Å². The number of hydrogen-bond donors (Lipinski definition) is 0. The van der Waals surface area contributed by atoms with Crippen LogP contribution in [0, 0.1) is 0 Å². The van der Waals surface area contributed by atoms with Crippen LogP contribution in [0.4, 0.5) is 0 Å². The van der Waals surface area contributed by atoms with Crippen molar-refractivity contribution in [2.24, 2.45) is 0 Å². The van der Waals surface area contributed by atoms with E-state index in [2.05, 4.69) is 6.58 Å². The maximum absolute atomic E-state index is 10.9. The molecule has 1 aromatic rings. The summed E-state index contributed by atoms with van der Waals surface area (Å²) in [7, 11) is 1.65. The van der Waals surface area contributed by atoms with Crippen molar-refractivity contribution in [1.29, 1.82) is 0 Å². The van der Waals surface area contributed by atoms with Gasteiger partial charge < -0.3 is 9.47 Å². The fourth-order valence-electron chi connectivity index (χ4n) is 1.10. The van der Waals surface area contributed by atoms with E-state index in [9.17, 15) is 4.79 Å². The predicted octanol–water partition coefficient (Wildman–Crippen LogP) is 2.49. The second kappa shape index (κ2) is 5.32. The van der Waals surface area contributed by atoms with Crippen LogP contribution in [-0.4, -0.2) is 13.1 Å². The van der Waals surface area contributed by atoms with Crippen LogP contribution in [-0.2, 0) is 9.53 Å². The van der Waals surface area contributed by atoms with Crippen molar-refractivity contribution in [3.8, 4) is 5.75 Å². The molecule has 0 saturated heterocycles. The maximum atomic E-state index is 10.9. The smallest absolute Gasteiger partial charge is 0.335 e. The molecule has 1 rings (SSSR count). The Morgan fingerprint density at radius 2 is 2.00 bits per heavy atom. The highest BCUT2D eigenvalue weighted by atomic mass is 16.5. The van der Waals surface area contributed by atoms with E-state index in [1.807, 2.05) is 19.1 Å². The number of rotatable bonds is 4. The lowest BCUT2D eigenvalue weighted by Gasteiger charge is -2.09. The van der Waals surface area contributed by atoms with Crippen molar-refractivity contribution in [3.05, 3.63) is 42.5 Å². The first-order valence-electron chi connectivity index (χ1n) is 4.64. The highest BCUT2D eigenvalue weighted by Gasteiger charge is 2.04. The van der Waals surface area contributed by atoms with Gasteiger partial charge in [-0.3, -0.25) is 0 Å². The van der Waals surface area contributed by atoms with Gasteiger partial charge in [0.15, 0.2) is 0 Å². The quantitative estimate of drug-likeness (QED) is 0.431. The summed E-state index contributed by atoms with van der Waals surface area (Å²) >= 11 is 0. The number of methoxy groups -OCH3 is 1. The summed E-state index contributed by atoms with van der Waals surface area (Å²) in [5.41, 5.74) is 1.04. The van der Waals surface area contributed by atoms with E-state index in [1.54, 1.807) is 19.2 Å². The van der Waals surface area contributed by atoms with Crippen LogP contribution in [0.2, 0.25) is 0 Å². The van der Waals surface area contributed by atoms with Crippen LogP contribution in [0.3, 0.4) is 0 Å². The lowest BCUT2D eigenvalue weighted by molar-refractivity contribution is -0.128. The monoisotopic (exact) mass is 206 g/mol. The lowest BCUT2D eigenvalue weighted by atomic mass is 10.1. The van der Waals surface area contributed by atoms with Crippen molar-refractivity contribution in [1.82, 2.24) is 0 Å². The first-order chi connectivity index (χ1) is 7.17. The Morgan fingerprint density at radius 3 is 2.47 bits per heavy atom. The first-order valence-corrected chi connectivity index (χ1v) is 4.64. The first kappa shape index (κ1) is 11.5. The van der Waals surface area contributed by atoms with E-state index in [0.29, 0.717) is 5.75 Å². The highest BCUT2D eigenvalue weighted by molar-refractivity contribution is 5.83. The molecule has 0 aliphatic carbocycles. The summed E-state index contributed by atoms with van der Waals surface area (Å²) in [6.45, 7) is 5.27. The van der Waals surface area contributed by atoms with Gasteiger partial charge in [-0.25, -0.2) is 4.79 Å². The number of carbonyl (C=O) groups excluding carboxylic acids is 1. The zero-order valence-corrected chi connectivity index (χ0v) is 8.90. The predicted molar refractivity (Wildman–Crippen MR) is 57.7 cm³/mol. The van der Waals surface area contributed by atoms with Crippen molar-refractivity contribution < 1.29 is 14.3 Å². The van der Waals surface area contributed by atoms with E-state index in [0.717, 1.165) is 11.6 Å². The summed E-state index contributed by atoms with van der Waals surface area (Å²) in [4.78, 5) is 10.9. The molecule has 0 fully saturated rings. The molecule has 0 radical (unpaired) electrons. The van der Waals surface area contributed by atoms with Crippen LogP contribution in [0.5, 0.6) is 5.75 Å². The van der Waals surface area contributed by atoms with Gasteiger partial charge in [0, 0.05) is 13.2 Å². The zero-order chi connectivity index (χ0) is 11.3. The molecule has 0 heterocycles. The third-order valence-corrected chi connectivity index (χ3v) is 2.09. The molecule has 0 amide bonds. The topological polar surface area (TPSA) is 35.5 Å². The van der Waals surface area contributed by atoms with Gasteiger partial charge in [-0.05, 0) is 24.6 Å². The summed E-state index contributed by atoms with van der Waals surface area (Å²) in [6, 6.07) is 7.18. The van der Waals surface area contributed by atoms with E-state index in [4.69, 9.17) is 9.47 Å². The van der Waals surface area contributed by atoms with Crippen LogP contribution < -0.4 is 4.74 Å². The number of esters is 1. The van der Waals surface area contributed by atoms with Gasteiger partial charge in [-0.2, -0.15) is 0 Å². The minimum Gasteiger partial charge on any atom is -0.423 e. The summed E-state index contributed by atoms with van der Waals surface area (Å²) in [5, 5.41) is 0. The van der Waals surface area contributed by atoms with E-state index < -0.39 is 5.97 Å². The van der Waals surface area contributed by atoms with Gasteiger partial charge in [-0.1, -0.05) is 18.7 Å². The molecule has 1 unspecified atom stereocenters. The normalized spacial score (nSPS) is 11.9. The molecule has 0 aromatic heterocycles. The summed E-state index contributed by atoms with van der Waals surface area (Å²) < 4.78 is 10.1. The van der Waals surface area contributed by atoms with Crippen molar-refractivity contribution in [3.63, 3.8) is 0 Å². The molecular formula is C12H14O3. The van der Waals surface area contributed by atoms with Crippen molar-refractivity contribution in [2.45, 2.75) is 13.0 Å². The molecule has 3 heteroatoms. The summed E-state index contributed by atoms with van der Waals surface area (Å²) in [5.74, 6) is 0.0505. The number of benzene rings is 1. The molecule has 1 aromatic carbocycles. The lowest BCUT2D eigenvalue weighted by Crippen LogP contribution is -2.03. The SMILES string of the molecule is C=CC(=O)Oc1ccc(C(C)OC)cc1. The molecular weight excluding hydrogens is 192 g/mol. The molecule has 0 aliphatic rings. The minimum absolute atomic E-state index is 0.0363. The second-order valence-electron chi connectivity index (χ2n) is 3.07. The number of hydrogen-bond acceptors (Lipinski definition) is 3. The standard InChI is InChI=1S/C12H14O3/c1-4-12(13)15-11-7-5-10(6-8-11)9(2)14-3/h4-9H,1H2,2-3H3. The van der Waals surface area contributed by atoms with Gasteiger partial charge in [0.1, 0.15) is 5.75 Å². The molecule has 0 bridgehead atoms. The molecule has 1 atom stereocenters. The van der Waals surface area contributed by atoms with Crippen LogP contribution in [0.25, 0.3) is 0 Å². The maximum Gasteiger partial charge on any atom is 0.335 e. The van der Waals surface area contributed by atoms with E-state index in [-0.39, 0.29) is 6.10 Å². The highest BCUT2D eigenvalue weighted by Crippen LogP contribution is 2.19.